The second kappa shape index (κ2) is 9.35. The van der Waals surface area contributed by atoms with Crippen molar-refractivity contribution in [3.8, 4) is 11.3 Å². The highest BCUT2D eigenvalue weighted by atomic mass is 35.5. The Balaban J connectivity index is 1.82. The summed E-state index contributed by atoms with van der Waals surface area (Å²) < 4.78 is 0. The van der Waals surface area contributed by atoms with Crippen molar-refractivity contribution in [1.29, 1.82) is 0 Å². The molecule has 0 unspecified atom stereocenters. The predicted molar refractivity (Wildman–Crippen MR) is 114 cm³/mol. The highest BCUT2D eigenvalue weighted by Crippen LogP contribution is 2.23. The maximum Gasteiger partial charge on any atom is 0.229 e. The highest BCUT2D eigenvalue weighted by Gasteiger charge is 2.07. The molecule has 0 aliphatic heterocycles. The lowest BCUT2D eigenvalue weighted by Gasteiger charge is -2.13. The van der Waals surface area contributed by atoms with Crippen molar-refractivity contribution >= 4 is 29.1 Å². The molecule has 5 nitrogen and oxygen atoms in total. The molecule has 0 atom stereocenters. The van der Waals surface area contributed by atoms with Gasteiger partial charge in [0, 0.05) is 28.9 Å². The Morgan fingerprint density at radius 1 is 0.963 bits per heavy atom. The first-order chi connectivity index (χ1) is 13.1. The zero-order valence-electron chi connectivity index (χ0n) is 15.6. The minimum atomic E-state index is 0.550. The van der Waals surface area contributed by atoms with Crippen molar-refractivity contribution in [2.24, 2.45) is 0 Å². The number of benzene rings is 2. The molecule has 6 heteroatoms. The van der Waals surface area contributed by atoms with Crippen molar-refractivity contribution in [2.45, 2.75) is 6.42 Å². The summed E-state index contributed by atoms with van der Waals surface area (Å²) >= 11 is 5.97. The standard InChI is InChI=1S/C21H24ClN5/c1-27(2)14-6-13-23-20-15-19(16-7-4-3-5-8-16)25-21(26-20)24-18-11-9-17(22)10-12-18/h3-5,7-12,15H,6,13-14H2,1-2H3,(H2,23,24,25,26). The molecule has 0 radical (unpaired) electrons. The first kappa shape index (κ1) is 19.1. The van der Waals surface area contributed by atoms with Gasteiger partial charge in [0.05, 0.1) is 5.69 Å². The molecule has 2 N–H and O–H groups in total. The van der Waals surface area contributed by atoms with E-state index in [9.17, 15) is 0 Å². The van der Waals surface area contributed by atoms with E-state index in [1.807, 2.05) is 60.7 Å². The zero-order chi connectivity index (χ0) is 19.1. The molecule has 1 aromatic heterocycles. The lowest BCUT2D eigenvalue weighted by molar-refractivity contribution is 0.405. The van der Waals surface area contributed by atoms with E-state index in [4.69, 9.17) is 11.6 Å². The van der Waals surface area contributed by atoms with Crippen molar-refractivity contribution in [3.63, 3.8) is 0 Å². The van der Waals surface area contributed by atoms with Gasteiger partial charge >= 0.3 is 0 Å². The van der Waals surface area contributed by atoms with Crippen molar-refractivity contribution in [1.82, 2.24) is 14.9 Å². The lowest BCUT2D eigenvalue weighted by atomic mass is 10.1. The Morgan fingerprint density at radius 2 is 1.70 bits per heavy atom. The molecule has 0 aliphatic rings. The molecule has 0 aliphatic carbocycles. The summed E-state index contributed by atoms with van der Waals surface area (Å²) in [5.74, 6) is 1.35. The van der Waals surface area contributed by atoms with Crippen LogP contribution in [-0.2, 0) is 0 Å². The van der Waals surface area contributed by atoms with E-state index in [-0.39, 0.29) is 0 Å². The second-order valence-electron chi connectivity index (χ2n) is 6.54. The quantitative estimate of drug-likeness (QED) is 0.543. The maximum absolute atomic E-state index is 5.97. The van der Waals surface area contributed by atoms with Gasteiger partial charge in [-0.1, -0.05) is 41.9 Å². The average Bonchev–Trinajstić information content (AvgIpc) is 2.67. The van der Waals surface area contributed by atoms with Crippen LogP contribution in [0.15, 0.2) is 60.7 Å². The van der Waals surface area contributed by atoms with E-state index in [1.165, 1.54) is 0 Å². The molecule has 0 spiro atoms. The van der Waals surface area contributed by atoms with Crippen molar-refractivity contribution in [2.75, 3.05) is 37.8 Å². The number of halogens is 1. The van der Waals surface area contributed by atoms with Crippen LogP contribution in [0.1, 0.15) is 6.42 Å². The van der Waals surface area contributed by atoms with E-state index >= 15 is 0 Å². The van der Waals surface area contributed by atoms with Gasteiger partial charge in [-0.2, -0.15) is 4.98 Å². The molecule has 3 aromatic rings. The minimum absolute atomic E-state index is 0.550. The number of aromatic nitrogens is 2. The Morgan fingerprint density at radius 3 is 2.41 bits per heavy atom. The first-order valence-corrected chi connectivity index (χ1v) is 9.33. The smallest absolute Gasteiger partial charge is 0.229 e. The summed E-state index contributed by atoms with van der Waals surface area (Å²) in [5.41, 5.74) is 2.82. The van der Waals surface area contributed by atoms with Crippen LogP contribution in [-0.4, -0.2) is 42.1 Å². The topological polar surface area (TPSA) is 53.1 Å². The van der Waals surface area contributed by atoms with Gasteiger partial charge in [-0.05, 0) is 51.3 Å². The molecule has 1 heterocycles. The van der Waals surface area contributed by atoms with E-state index < -0.39 is 0 Å². The number of rotatable bonds is 8. The normalized spacial score (nSPS) is 10.8. The van der Waals surface area contributed by atoms with Gasteiger partial charge in [0.2, 0.25) is 5.95 Å². The molecule has 140 valence electrons. The van der Waals surface area contributed by atoms with Crippen LogP contribution in [0.4, 0.5) is 17.5 Å². The first-order valence-electron chi connectivity index (χ1n) is 8.96. The third-order valence-electron chi connectivity index (χ3n) is 3.98. The molecule has 27 heavy (non-hydrogen) atoms. The summed E-state index contributed by atoms with van der Waals surface area (Å²) in [7, 11) is 4.15. The fourth-order valence-electron chi connectivity index (χ4n) is 2.62. The van der Waals surface area contributed by atoms with Gasteiger partial charge < -0.3 is 15.5 Å². The predicted octanol–water partition coefficient (Wildman–Crippen LogP) is 4.90. The summed E-state index contributed by atoms with van der Waals surface area (Å²) in [5, 5.41) is 7.36. The Hall–Kier alpha value is -2.63. The van der Waals surface area contributed by atoms with Crippen molar-refractivity contribution < 1.29 is 0 Å². The molecule has 0 saturated heterocycles. The van der Waals surface area contributed by atoms with Crippen LogP contribution in [0.2, 0.25) is 5.02 Å². The Bertz CT molecular complexity index is 850. The fourth-order valence-corrected chi connectivity index (χ4v) is 2.75. The Kier molecular flexibility index (Phi) is 6.63. The second-order valence-corrected chi connectivity index (χ2v) is 6.98. The zero-order valence-corrected chi connectivity index (χ0v) is 16.4. The van der Waals surface area contributed by atoms with Crippen molar-refractivity contribution in [3.05, 3.63) is 65.7 Å². The van der Waals surface area contributed by atoms with Crippen LogP contribution < -0.4 is 10.6 Å². The highest BCUT2D eigenvalue weighted by molar-refractivity contribution is 6.30. The summed E-state index contributed by atoms with van der Waals surface area (Å²) in [6.45, 7) is 1.88. The average molecular weight is 382 g/mol. The molecule has 0 amide bonds. The van der Waals surface area contributed by atoms with Gasteiger partial charge in [-0.3, -0.25) is 0 Å². The van der Waals surface area contributed by atoms with E-state index in [2.05, 4.69) is 39.6 Å². The SMILES string of the molecule is CN(C)CCCNc1cc(-c2ccccc2)nc(Nc2ccc(Cl)cc2)n1. The van der Waals surface area contributed by atoms with Crippen LogP contribution in [0, 0.1) is 0 Å². The van der Waals surface area contributed by atoms with Gasteiger partial charge in [0.1, 0.15) is 5.82 Å². The molecular weight excluding hydrogens is 358 g/mol. The fraction of sp³-hybridized carbons (Fsp3) is 0.238. The summed E-state index contributed by atoms with van der Waals surface area (Å²) in [6.07, 6.45) is 1.04. The molecule has 0 bridgehead atoms. The molecule has 0 fully saturated rings. The van der Waals surface area contributed by atoms with Crippen LogP contribution in [0.5, 0.6) is 0 Å². The largest absolute Gasteiger partial charge is 0.370 e. The van der Waals surface area contributed by atoms with E-state index in [0.29, 0.717) is 11.0 Å². The number of nitrogens with zero attached hydrogens (tertiary/aromatic N) is 3. The maximum atomic E-state index is 5.97. The molecule has 2 aromatic carbocycles. The van der Waals surface area contributed by atoms with Crippen LogP contribution in [0.3, 0.4) is 0 Å². The van der Waals surface area contributed by atoms with Gasteiger partial charge in [0.25, 0.3) is 0 Å². The summed E-state index contributed by atoms with van der Waals surface area (Å²) in [4.78, 5) is 11.5. The minimum Gasteiger partial charge on any atom is -0.370 e. The van der Waals surface area contributed by atoms with E-state index in [1.54, 1.807) is 0 Å². The summed E-state index contributed by atoms with van der Waals surface area (Å²) in [6, 6.07) is 19.6. The van der Waals surface area contributed by atoms with Gasteiger partial charge in [-0.15, -0.1) is 0 Å². The third kappa shape index (κ3) is 5.94. The lowest BCUT2D eigenvalue weighted by Crippen LogP contribution is -2.16. The number of hydrogen-bond donors (Lipinski definition) is 2. The Labute approximate surface area is 165 Å². The molecular formula is C21H24ClN5. The van der Waals surface area contributed by atoms with Gasteiger partial charge in [-0.25, -0.2) is 4.98 Å². The number of anilines is 3. The van der Waals surface area contributed by atoms with Crippen LogP contribution >= 0.6 is 11.6 Å². The third-order valence-corrected chi connectivity index (χ3v) is 4.24. The van der Waals surface area contributed by atoms with E-state index in [0.717, 1.165) is 42.3 Å². The monoisotopic (exact) mass is 381 g/mol. The molecule has 0 saturated carbocycles. The molecule has 3 rings (SSSR count). The number of hydrogen-bond acceptors (Lipinski definition) is 5. The van der Waals surface area contributed by atoms with Gasteiger partial charge in [0.15, 0.2) is 0 Å². The number of nitrogens with one attached hydrogen (secondary N) is 2. The van der Waals surface area contributed by atoms with Crippen LogP contribution in [0.25, 0.3) is 11.3 Å².